The van der Waals surface area contributed by atoms with Crippen LogP contribution in [0.1, 0.15) is 11.3 Å². The summed E-state index contributed by atoms with van der Waals surface area (Å²) in [5.74, 6) is 0.743. The first kappa shape index (κ1) is 12.2. The van der Waals surface area contributed by atoms with Gasteiger partial charge in [0, 0.05) is 12.4 Å². The van der Waals surface area contributed by atoms with E-state index in [1.807, 2.05) is 28.8 Å². The van der Waals surface area contributed by atoms with Crippen LogP contribution in [-0.4, -0.2) is 14.4 Å². The van der Waals surface area contributed by atoms with E-state index in [-0.39, 0.29) is 0 Å². The number of halogens is 1. The Labute approximate surface area is 119 Å². The number of rotatable bonds is 3. The van der Waals surface area contributed by atoms with Crippen LogP contribution in [0.2, 0.25) is 0 Å². The molecule has 0 aliphatic carbocycles. The molecule has 0 fully saturated rings. The summed E-state index contributed by atoms with van der Waals surface area (Å²) in [5, 5.41) is 0. The van der Waals surface area contributed by atoms with Crippen molar-refractivity contribution in [2.24, 2.45) is 0 Å². The van der Waals surface area contributed by atoms with Crippen molar-refractivity contribution >= 4 is 21.4 Å². The van der Waals surface area contributed by atoms with Crippen LogP contribution in [0.3, 0.4) is 0 Å². The Morgan fingerprint density at radius 1 is 1.37 bits per heavy atom. The predicted octanol–water partition coefficient (Wildman–Crippen LogP) is 3.38. The number of hydrogen-bond acceptors (Lipinski definition) is 3. The van der Waals surface area contributed by atoms with Gasteiger partial charge in [0.2, 0.25) is 0 Å². The van der Waals surface area contributed by atoms with Crippen molar-refractivity contribution in [1.82, 2.24) is 14.4 Å². The second-order valence-electron chi connectivity index (χ2n) is 4.26. The largest absolute Gasteiger partial charge is 0.486 e. The molecule has 0 aliphatic rings. The van der Waals surface area contributed by atoms with Gasteiger partial charge in [0.25, 0.3) is 0 Å². The molecule has 0 aromatic carbocycles. The number of aryl methyl sites for hydroxylation is 1. The number of hydrogen-bond donors (Lipinski definition) is 0. The monoisotopic (exact) mass is 317 g/mol. The Morgan fingerprint density at radius 2 is 2.26 bits per heavy atom. The van der Waals surface area contributed by atoms with Crippen LogP contribution in [0.5, 0.6) is 5.75 Å². The lowest BCUT2D eigenvalue weighted by Gasteiger charge is -2.04. The molecule has 0 atom stereocenters. The average Bonchev–Trinajstić information content (AvgIpc) is 2.74. The number of nitrogens with zero attached hydrogens (tertiary/aromatic N) is 3. The molecule has 0 saturated heterocycles. The SMILES string of the molecule is Cc1ccn2c(Br)nc(COc3cccnc3)c2c1. The summed E-state index contributed by atoms with van der Waals surface area (Å²) in [6.45, 7) is 2.48. The summed E-state index contributed by atoms with van der Waals surface area (Å²) in [5.41, 5.74) is 3.15. The molecule has 19 heavy (non-hydrogen) atoms. The zero-order chi connectivity index (χ0) is 13.2. The van der Waals surface area contributed by atoms with Gasteiger partial charge in [0.05, 0.1) is 11.7 Å². The van der Waals surface area contributed by atoms with E-state index in [1.165, 1.54) is 5.56 Å². The van der Waals surface area contributed by atoms with E-state index >= 15 is 0 Å². The van der Waals surface area contributed by atoms with Gasteiger partial charge in [-0.1, -0.05) is 0 Å². The highest BCUT2D eigenvalue weighted by Crippen LogP contribution is 2.20. The van der Waals surface area contributed by atoms with E-state index in [0.717, 1.165) is 21.7 Å². The topological polar surface area (TPSA) is 39.4 Å². The molecule has 0 radical (unpaired) electrons. The summed E-state index contributed by atoms with van der Waals surface area (Å²) in [6.07, 6.45) is 5.41. The molecule has 3 aromatic heterocycles. The first-order valence-corrected chi connectivity index (χ1v) is 6.69. The van der Waals surface area contributed by atoms with Gasteiger partial charge in [-0.3, -0.25) is 9.38 Å². The van der Waals surface area contributed by atoms with Crippen LogP contribution in [-0.2, 0) is 6.61 Å². The first-order chi connectivity index (χ1) is 9.24. The molecular formula is C14H12BrN3O. The molecule has 5 heteroatoms. The van der Waals surface area contributed by atoms with E-state index in [2.05, 4.69) is 38.9 Å². The van der Waals surface area contributed by atoms with E-state index in [1.54, 1.807) is 12.4 Å². The first-order valence-electron chi connectivity index (χ1n) is 5.90. The third-order valence-electron chi connectivity index (χ3n) is 2.84. The van der Waals surface area contributed by atoms with Crippen molar-refractivity contribution < 1.29 is 4.74 Å². The highest BCUT2D eigenvalue weighted by atomic mass is 79.9. The molecule has 0 aliphatic heterocycles. The summed E-state index contributed by atoms with van der Waals surface area (Å²) in [4.78, 5) is 8.50. The third kappa shape index (κ3) is 2.46. The smallest absolute Gasteiger partial charge is 0.182 e. The Kier molecular flexibility index (Phi) is 3.21. The third-order valence-corrected chi connectivity index (χ3v) is 3.40. The van der Waals surface area contributed by atoms with Crippen molar-refractivity contribution in [3.63, 3.8) is 0 Å². The Bertz CT molecular complexity index is 709. The van der Waals surface area contributed by atoms with Gasteiger partial charge < -0.3 is 4.74 Å². The standard InChI is InChI=1S/C14H12BrN3O/c1-10-4-6-18-13(7-10)12(17-14(18)15)9-19-11-3-2-5-16-8-11/h2-8H,9H2,1H3. The van der Waals surface area contributed by atoms with Crippen molar-refractivity contribution in [1.29, 1.82) is 0 Å². The zero-order valence-electron chi connectivity index (χ0n) is 10.4. The van der Waals surface area contributed by atoms with Crippen LogP contribution < -0.4 is 4.74 Å². The zero-order valence-corrected chi connectivity index (χ0v) is 12.0. The second kappa shape index (κ2) is 5.01. The number of aromatic nitrogens is 3. The lowest BCUT2D eigenvalue weighted by molar-refractivity contribution is 0.302. The Hall–Kier alpha value is -1.88. The number of pyridine rings is 2. The minimum atomic E-state index is 0.421. The molecule has 3 rings (SSSR count). The lowest BCUT2D eigenvalue weighted by atomic mass is 10.2. The van der Waals surface area contributed by atoms with Gasteiger partial charge in [0.1, 0.15) is 18.1 Å². The second-order valence-corrected chi connectivity index (χ2v) is 4.97. The highest BCUT2D eigenvalue weighted by Gasteiger charge is 2.09. The molecular weight excluding hydrogens is 306 g/mol. The number of imidazole rings is 1. The van der Waals surface area contributed by atoms with Gasteiger partial charge in [-0.15, -0.1) is 0 Å². The van der Waals surface area contributed by atoms with E-state index in [4.69, 9.17) is 4.74 Å². The molecule has 0 amide bonds. The van der Waals surface area contributed by atoms with Crippen molar-refractivity contribution in [2.45, 2.75) is 13.5 Å². The average molecular weight is 318 g/mol. The van der Waals surface area contributed by atoms with Crippen LogP contribution in [0, 0.1) is 6.92 Å². The molecule has 0 saturated carbocycles. The van der Waals surface area contributed by atoms with Crippen LogP contribution in [0.4, 0.5) is 0 Å². The van der Waals surface area contributed by atoms with Gasteiger partial charge >= 0.3 is 0 Å². The fraction of sp³-hybridized carbons (Fsp3) is 0.143. The number of fused-ring (bicyclic) bond motifs is 1. The number of ether oxygens (including phenoxy) is 1. The van der Waals surface area contributed by atoms with E-state index in [0.29, 0.717) is 6.61 Å². The van der Waals surface area contributed by atoms with Crippen molar-refractivity contribution in [3.05, 3.63) is 58.8 Å². The normalized spacial score (nSPS) is 10.8. The van der Waals surface area contributed by atoms with Gasteiger partial charge in [-0.05, 0) is 52.7 Å². The van der Waals surface area contributed by atoms with Crippen molar-refractivity contribution in [3.8, 4) is 5.75 Å². The summed E-state index contributed by atoms with van der Waals surface area (Å²) in [6, 6.07) is 7.87. The minimum Gasteiger partial charge on any atom is -0.486 e. The molecule has 0 bridgehead atoms. The predicted molar refractivity (Wildman–Crippen MR) is 76.2 cm³/mol. The fourth-order valence-electron chi connectivity index (χ4n) is 1.90. The van der Waals surface area contributed by atoms with Crippen LogP contribution >= 0.6 is 15.9 Å². The summed E-state index contributed by atoms with van der Waals surface area (Å²) < 4.78 is 8.47. The molecule has 3 heterocycles. The maximum atomic E-state index is 5.69. The maximum Gasteiger partial charge on any atom is 0.182 e. The molecule has 0 unspecified atom stereocenters. The van der Waals surface area contributed by atoms with E-state index in [9.17, 15) is 0 Å². The van der Waals surface area contributed by atoms with Crippen LogP contribution in [0.25, 0.3) is 5.52 Å². The molecule has 0 spiro atoms. The highest BCUT2D eigenvalue weighted by molar-refractivity contribution is 9.10. The molecule has 0 N–H and O–H groups in total. The van der Waals surface area contributed by atoms with E-state index < -0.39 is 0 Å². The quantitative estimate of drug-likeness (QED) is 0.743. The Morgan fingerprint density at radius 3 is 3.05 bits per heavy atom. The summed E-state index contributed by atoms with van der Waals surface area (Å²) in [7, 11) is 0. The van der Waals surface area contributed by atoms with Crippen molar-refractivity contribution in [2.75, 3.05) is 0 Å². The molecule has 3 aromatic rings. The maximum absolute atomic E-state index is 5.69. The van der Waals surface area contributed by atoms with Gasteiger partial charge in [-0.2, -0.15) is 0 Å². The molecule has 96 valence electrons. The van der Waals surface area contributed by atoms with Gasteiger partial charge in [-0.25, -0.2) is 4.98 Å². The minimum absolute atomic E-state index is 0.421. The summed E-state index contributed by atoms with van der Waals surface area (Å²) >= 11 is 3.45. The fourth-order valence-corrected chi connectivity index (χ4v) is 2.43. The van der Waals surface area contributed by atoms with Gasteiger partial charge in [0.15, 0.2) is 4.73 Å². The Balaban J connectivity index is 1.91. The molecule has 4 nitrogen and oxygen atoms in total. The lowest BCUT2D eigenvalue weighted by Crippen LogP contribution is -1.97. The van der Waals surface area contributed by atoms with Crippen LogP contribution in [0.15, 0.2) is 47.6 Å².